The van der Waals surface area contributed by atoms with Gasteiger partial charge in [0.15, 0.2) is 0 Å². The maximum absolute atomic E-state index is 5.82. The Kier molecular flexibility index (Phi) is 5.02. The fraction of sp³-hybridized carbons (Fsp3) is 0.471. The van der Waals surface area contributed by atoms with Gasteiger partial charge in [-0.05, 0) is 50.3 Å². The van der Waals surface area contributed by atoms with Crippen LogP contribution < -0.4 is 10.6 Å². The molecule has 1 aromatic heterocycles. The highest BCUT2D eigenvalue weighted by Crippen LogP contribution is 2.21. The zero-order valence-electron chi connectivity index (χ0n) is 13.5. The molecule has 0 atom stereocenters. The molecule has 0 saturated heterocycles. The molecule has 21 heavy (non-hydrogen) atoms. The first-order valence-corrected chi connectivity index (χ1v) is 7.51. The van der Waals surface area contributed by atoms with E-state index in [9.17, 15) is 0 Å². The van der Waals surface area contributed by atoms with Crippen LogP contribution in [0.1, 0.15) is 13.8 Å². The second kappa shape index (κ2) is 6.76. The van der Waals surface area contributed by atoms with E-state index in [1.54, 1.807) is 0 Å². The highest BCUT2D eigenvalue weighted by molar-refractivity contribution is 5.83. The minimum absolute atomic E-state index is 0.607. The monoisotopic (exact) mass is 286 g/mol. The number of benzene rings is 1. The molecule has 0 radical (unpaired) electrons. The van der Waals surface area contributed by atoms with Crippen molar-refractivity contribution in [1.29, 1.82) is 0 Å². The third kappa shape index (κ3) is 4.33. The molecule has 0 aliphatic heterocycles. The number of anilines is 2. The van der Waals surface area contributed by atoms with Gasteiger partial charge < -0.3 is 15.5 Å². The second-order valence-corrected chi connectivity index (χ2v) is 6.26. The van der Waals surface area contributed by atoms with E-state index >= 15 is 0 Å². The summed E-state index contributed by atoms with van der Waals surface area (Å²) in [4.78, 5) is 9.36. The third-order valence-electron chi connectivity index (χ3n) is 3.43. The van der Waals surface area contributed by atoms with Crippen LogP contribution >= 0.6 is 0 Å². The average Bonchev–Trinajstić information content (AvgIpc) is 2.42. The van der Waals surface area contributed by atoms with Gasteiger partial charge in [0.05, 0.1) is 5.52 Å². The third-order valence-corrected chi connectivity index (χ3v) is 3.43. The van der Waals surface area contributed by atoms with Crippen molar-refractivity contribution in [2.24, 2.45) is 5.92 Å². The molecule has 0 spiro atoms. The average molecular weight is 286 g/mol. The predicted molar refractivity (Wildman–Crippen MR) is 91.8 cm³/mol. The fourth-order valence-electron chi connectivity index (χ4n) is 2.37. The van der Waals surface area contributed by atoms with Gasteiger partial charge in [-0.1, -0.05) is 13.8 Å². The number of nitrogens with two attached hydrogens (primary N) is 1. The molecule has 2 rings (SSSR count). The molecule has 0 amide bonds. The molecule has 2 aromatic rings. The predicted octanol–water partition coefficient (Wildman–Crippen LogP) is 2.84. The van der Waals surface area contributed by atoms with Gasteiger partial charge in [0.2, 0.25) is 0 Å². The Hall–Kier alpha value is -1.81. The molecule has 0 bridgehead atoms. The molecule has 4 nitrogen and oxygen atoms in total. The molecule has 4 heteroatoms. The maximum atomic E-state index is 5.82. The molecule has 0 saturated carbocycles. The van der Waals surface area contributed by atoms with Crippen LogP contribution in [0.3, 0.4) is 0 Å². The first kappa shape index (κ1) is 15.6. The van der Waals surface area contributed by atoms with Crippen LogP contribution in [0.15, 0.2) is 30.3 Å². The number of hydrogen-bond acceptors (Lipinski definition) is 4. The zero-order chi connectivity index (χ0) is 15.4. The van der Waals surface area contributed by atoms with Gasteiger partial charge >= 0.3 is 0 Å². The lowest BCUT2D eigenvalue weighted by atomic mass is 10.1. The van der Waals surface area contributed by atoms with Crippen molar-refractivity contribution >= 4 is 22.4 Å². The molecule has 0 fully saturated rings. The lowest BCUT2D eigenvalue weighted by Crippen LogP contribution is -2.34. The summed E-state index contributed by atoms with van der Waals surface area (Å²) < 4.78 is 0. The Morgan fingerprint density at radius 3 is 2.52 bits per heavy atom. The van der Waals surface area contributed by atoms with Gasteiger partial charge in [-0.15, -0.1) is 0 Å². The summed E-state index contributed by atoms with van der Waals surface area (Å²) >= 11 is 0. The molecular weight excluding hydrogens is 260 g/mol. The zero-order valence-corrected chi connectivity index (χ0v) is 13.5. The SMILES string of the molecule is CC(C)CN(CCN(C)C)c1ccc2cc(N)ccc2n1. The molecule has 0 aliphatic carbocycles. The van der Waals surface area contributed by atoms with E-state index in [0.717, 1.165) is 42.0 Å². The minimum atomic E-state index is 0.607. The highest BCUT2D eigenvalue weighted by atomic mass is 15.2. The van der Waals surface area contributed by atoms with Crippen molar-refractivity contribution in [3.8, 4) is 0 Å². The summed E-state index contributed by atoms with van der Waals surface area (Å²) in [5.41, 5.74) is 7.61. The normalized spacial score (nSPS) is 11.5. The molecule has 1 heterocycles. The lowest BCUT2D eigenvalue weighted by Gasteiger charge is -2.27. The molecule has 0 unspecified atom stereocenters. The number of rotatable bonds is 6. The van der Waals surface area contributed by atoms with E-state index in [2.05, 4.69) is 49.9 Å². The topological polar surface area (TPSA) is 45.4 Å². The van der Waals surface area contributed by atoms with Gasteiger partial charge in [0.25, 0.3) is 0 Å². The van der Waals surface area contributed by atoms with Crippen LogP contribution in [0.2, 0.25) is 0 Å². The number of likely N-dealkylation sites (N-methyl/N-ethyl adjacent to an activating group) is 1. The van der Waals surface area contributed by atoms with E-state index in [0.29, 0.717) is 5.92 Å². The van der Waals surface area contributed by atoms with Crippen LogP contribution in [0, 0.1) is 5.92 Å². The number of pyridine rings is 1. The number of nitrogen functional groups attached to an aromatic ring is 1. The van der Waals surface area contributed by atoms with E-state index in [-0.39, 0.29) is 0 Å². The van der Waals surface area contributed by atoms with Gasteiger partial charge in [-0.2, -0.15) is 0 Å². The highest BCUT2D eigenvalue weighted by Gasteiger charge is 2.11. The van der Waals surface area contributed by atoms with Crippen molar-refractivity contribution in [1.82, 2.24) is 9.88 Å². The van der Waals surface area contributed by atoms with Crippen LogP contribution in [0.4, 0.5) is 11.5 Å². The van der Waals surface area contributed by atoms with Crippen molar-refractivity contribution in [2.45, 2.75) is 13.8 Å². The van der Waals surface area contributed by atoms with Gasteiger partial charge in [-0.3, -0.25) is 0 Å². The summed E-state index contributed by atoms with van der Waals surface area (Å²) in [6, 6.07) is 10.1. The second-order valence-electron chi connectivity index (χ2n) is 6.26. The quantitative estimate of drug-likeness (QED) is 0.829. The Labute approximate surface area is 127 Å². The molecule has 114 valence electrons. The first-order chi connectivity index (χ1) is 9.95. The van der Waals surface area contributed by atoms with E-state index in [4.69, 9.17) is 10.7 Å². The number of hydrogen-bond donors (Lipinski definition) is 1. The Morgan fingerprint density at radius 2 is 1.86 bits per heavy atom. The molecule has 2 N–H and O–H groups in total. The van der Waals surface area contributed by atoms with E-state index < -0.39 is 0 Å². The smallest absolute Gasteiger partial charge is 0.129 e. The number of fused-ring (bicyclic) bond motifs is 1. The Balaban J connectivity index is 2.27. The van der Waals surface area contributed by atoms with Gasteiger partial charge in [-0.25, -0.2) is 4.98 Å². The number of nitrogens with zero attached hydrogens (tertiary/aromatic N) is 3. The van der Waals surface area contributed by atoms with Crippen LogP contribution in [0.25, 0.3) is 10.9 Å². The molecule has 1 aromatic carbocycles. The lowest BCUT2D eigenvalue weighted by molar-refractivity contribution is 0.408. The van der Waals surface area contributed by atoms with Crippen molar-refractivity contribution in [3.63, 3.8) is 0 Å². The summed E-state index contributed by atoms with van der Waals surface area (Å²) in [5, 5.41) is 1.09. The number of aromatic nitrogens is 1. The minimum Gasteiger partial charge on any atom is -0.399 e. The molecular formula is C17H26N4. The molecule has 0 aliphatic rings. The van der Waals surface area contributed by atoms with Crippen LogP contribution in [-0.4, -0.2) is 43.6 Å². The summed E-state index contributed by atoms with van der Waals surface area (Å²) in [6.45, 7) is 7.50. The van der Waals surface area contributed by atoms with E-state index in [1.807, 2.05) is 18.2 Å². The van der Waals surface area contributed by atoms with Crippen LogP contribution in [-0.2, 0) is 0 Å². The Bertz CT molecular complexity index is 592. The van der Waals surface area contributed by atoms with Crippen LogP contribution in [0.5, 0.6) is 0 Å². The fourth-order valence-corrected chi connectivity index (χ4v) is 2.37. The van der Waals surface area contributed by atoms with E-state index in [1.165, 1.54) is 0 Å². The summed E-state index contributed by atoms with van der Waals surface area (Å²) in [6.07, 6.45) is 0. The largest absolute Gasteiger partial charge is 0.399 e. The van der Waals surface area contributed by atoms with Gasteiger partial charge in [0, 0.05) is 30.7 Å². The maximum Gasteiger partial charge on any atom is 0.129 e. The van der Waals surface area contributed by atoms with Crippen molar-refractivity contribution < 1.29 is 0 Å². The first-order valence-electron chi connectivity index (χ1n) is 7.51. The van der Waals surface area contributed by atoms with Gasteiger partial charge in [0.1, 0.15) is 5.82 Å². The standard InChI is InChI=1S/C17H26N4/c1-13(2)12-21(10-9-20(3)4)17-8-5-14-11-15(18)6-7-16(14)19-17/h5-8,11,13H,9-10,12,18H2,1-4H3. The van der Waals surface area contributed by atoms with Crippen molar-refractivity contribution in [2.75, 3.05) is 44.4 Å². The summed E-state index contributed by atoms with van der Waals surface area (Å²) in [5.74, 6) is 1.65. The Morgan fingerprint density at radius 1 is 1.10 bits per heavy atom. The summed E-state index contributed by atoms with van der Waals surface area (Å²) in [7, 11) is 4.20. The van der Waals surface area contributed by atoms with Crippen molar-refractivity contribution in [3.05, 3.63) is 30.3 Å².